The van der Waals surface area contributed by atoms with E-state index in [4.69, 9.17) is 4.74 Å². The number of hydrogen-bond donors (Lipinski definition) is 1. The Morgan fingerprint density at radius 1 is 1.32 bits per heavy atom. The van der Waals surface area contributed by atoms with E-state index in [0.717, 1.165) is 11.5 Å². The fraction of sp³-hybridized carbons (Fsp3) is 0.167. The van der Waals surface area contributed by atoms with Gasteiger partial charge in [-0.05, 0) is 19.1 Å². The van der Waals surface area contributed by atoms with Gasteiger partial charge in [0.25, 0.3) is 5.91 Å². The number of anilines is 1. The lowest BCUT2D eigenvalue weighted by Crippen LogP contribution is -2.14. The summed E-state index contributed by atoms with van der Waals surface area (Å²) in [6, 6.07) is 8.68. The molecule has 2 aromatic rings. The zero-order valence-corrected chi connectivity index (χ0v) is 10.9. The van der Waals surface area contributed by atoms with Crippen LogP contribution >= 0.6 is 11.5 Å². The Morgan fingerprint density at radius 3 is 2.74 bits per heavy atom. The second-order valence-corrected chi connectivity index (χ2v) is 4.25. The number of esters is 1. The number of hydrogen-bond acceptors (Lipinski definition) is 6. The van der Waals surface area contributed by atoms with Crippen LogP contribution in [0.2, 0.25) is 0 Å². The molecule has 1 heterocycles. The SMILES string of the molecule is CCOC(=O)c1nnsc1NC(=O)c1ccccc1. The molecule has 2 rings (SSSR count). The van der Waals surface area contributed by atoms with Gasteiger partial charge in [-0.3, -0.25) is 4.79 Å². The first-order chi connectivity index (χ1) is 9.22. The van der Waals surface area contributed by atoms with Crippen LogP contribution in [0, 0.1) is 0 Å². The number of ether oxygens (including phenoxy) is 1. The van der Waals surface area contributed by atoms with Crippen molar-refractivity contribution in [1.82, 2.24) is 9.59 Å². The number of nitrogens with zero attached hydrogens (tertiary/aromatic N) is 2. The Hall–Kier alpha value is -2.28. The third-order valence-electron chi connectivity index (χ3n) is 2.22. The molecule has 0 bridgehead atoms. The first-order valence-corrected chi connectivity index (χ1v) is 6.35. The van der Waals surface area contributed by atoms with Gasteiger partial charge in [-0.2, -0.15) is 0 Å². The van der Waals surface area contributed by atoms with Gasteiger partial charge in [0.05, 0.1) is 6.61 Å². The highest BCUT2D eigenvalue weighted by atomic mass is 32.1. The average Bonchev–Trinajstić information content (AvgIpc) is 2.88. The number of benzene rings is 1. The Labute approximate surface area is 113 Å². The van der Waals surface area contributed by atoms with Gasteiger partial charge in [0.15, 0.2) is 5.00 Å². The van der Waals surface area contributed by atoms with Crippen molar-refractivity contribution < 1.29 is 14.3 Å². The molecule has 0 radical (unpaired) electrons. The van der Waals surface area contributed by atoms with Crippen molar-refractivity contribution in [2.24, 2.45) is 0 Å². The smallest absolute Gasteiger partial charge is 0.362 e. The Morgan fingerprint density at radius 2 is 2.05 bits per heavy atom. The summed E-state index contributed by atoms with van der Waals surface area (Å²) >= 11 is 0.933. The van der Waals surface area contributed by atoms with Crippen LogP contribution in [0.5, 0.6) is 0 Å². The normalized spacial score (nSPS) is 9.95. The molecule has 7 heteroatoms. The van der Waals surface area contributed by atoms with Gasteiger partial charge in [-0.25, -0.2) is 4.79 Å². The molecule has 1 aromatic heterocycles. The molecule has 0 atom stereocenters. The first-order valence-electron chi connectivity index (χ1n) is 5.58. The van der Waals surface area contributed by atoms with E-state index in [-0.39, 0.29) is 23.2 Å². The molecule has 6 nitrogen and oxygen atoms in total. The first kappa shape index (κ1) is 13.2. The Bertz CT molecular complexity index is 583. The summed E-state index contributed by atoms with van der Waals surface area (Å²) < 4.78 is 8.48. The van der Waals surface area contributed by atoms with Gasteiger partial charge in [0.1, 0.15) is 0 Å². The second-order valence-electron chi connectivity index (χ2n) is 3.49. The molecular formula is C12H11N3O3S. The lowest BCUT2D eigenvalue weighted by molar-refractivity contribution is 0.0520. The van der Waals surface area contributed by atoms with Crippen molar-refractivity contribution in [3.8, 4) is 0 Å². The maximum absolute atomic E-state index is 11.9. The molecular weight excluding hydrogens is 266 g/mol. The Kier molecular flexibility index (Phi) is 4.19. The van der Waals surface area contributed by atoms with Crippen LogP contribution in [0.1, 0.15) is 27.8 Å². The predicted octanol–water partition coefficient (Wildman–Crippen LogP) is 1.97. The van der Waals surface area contributed by atoms with E-state index in [1.165, 1.54) is 0 Å². The molecule has 0 unspecified atom stereocenters. The number of rotatable bonds is 4. The summed E-state index contributed by atoms with van der Waals surface area (Å²) in [7, 11) is 0. The maximum Gasteiger partial charge on any atom is 0.362 e. The third-order valence-corrected chi connectivity index (χ3v) is 2.86. The molecule has 0 aliphatic rings. The van der Waals surface area contributed by atoms with Gasteiger partial charge < -0.3 is 10.1 Å². The van der Waals surface area contributed by atoms with E-state index in [2.05, 4.69) is 14.9 Å². The summed E-state index contributed by atoms with van der Waals surface area (Å²) in [4.78, 5) is 23.5. The highest BCUT2D eigenvalue weighted by Gasteiger charge is 2.19. The van der Waals surface area contributed by atoms with E-state index >= 15 is 0 Å². The van der Waals surface area contributed by atoms with Crippen LogP contribution in [-0.4, -0.2) is 28.1 Å². The van der Waals surface area contributed by atoms with E-state index in [1.807, 2.05) is 6.07 Å². The fourth-order valence-electron chi connectivity index (χ4n) is 1.37. The number of nitrogens with one attached hydrogen (secondary N) is 1. The van der Waals surface area contributed by atoms with Crippen LogP contribution in [0.15, 0.2) is 30.3 Å². The zero-order chi connectivity index (χ0) is 13.7. The molecule has 0 saturated carbocycles. The molecule has 1 N–H and O–H groups in total. The molecule has 1 aromatic carbocycles. The lowest BCUT2D eigenvalue weighted by Gasteiger charge is -2.03. The van der Waals surface area contributed by atoms with Gasteiger partial charge in [0, 0.05) is 17.1 Å². The van der Waals surface area contributed by atoms with Gasteiger partial charge in [0.2, 0.25) is 5.69 Å². The van der Waals surface area contributed by atoms with Gasteiger partial charge in [-0.15, -0.1) is 5.10 Å². The molecule has 19 heavy (non-hydrogen) atoms. The van der Waals surface area contributed by atoms with E-state index in [1.54, 1.807) is 31.2 Å². The Balaban J connectivity index is 2.14. The van der Waals surface area contributed by atoms with Crippen molar-refractivity contribution in [2.45, 2.75) is 6.92 Å². The molecule has 1 amide bonds. The van der Waals surface area contributed by atoms with Crippen LogP contribution in [0.3, 0.4) is 0 Å². The monoisotopic (exact) mass is 277 g/mol. The minimum atomic E-state index is -0.598. The fourth-order valence-corrected chi connectivity index (χ4v) is 1.92. The van der Waals surface area contributed by atoms with Gasteiger partial charge in [-0.1, -0.05) is 22.7 Å². The largest absolute Gasteiger partial charge is 0.461 e. The van der Waals surface area contributed by atoms with Crippen molar-refractivity contribution >= 4 is 28.4 Å². The maximum atomic E-state index is 11.9. The third kappa shape index (κ3) is 3.14. The summed E-state index contributed by atoms with van der Waals surface area (Å²) in [5.74, 6) is -0.920. The van der Waals surface area contributed by atoms with Crippen molar-refractivity contribution in [3.05, 3.63) is 41.6 Å². The van der Waals surface area contributed by atoms with Crippen molar-refractivity contribution in [3.63, 3.8) is 0 Å². The lowest BCUT2D eigenvalue weighted by atomic mass is 10.2. The minimum Gasteiger partial charge on any atom is -0.461 e. The molecule has 0 spiro atoms. The van der Waals surface area contributed by atoms with E-state index in [0.29, 0.717) is 5.56 Å². The van der Waals surface area contributed by atoms with Gasteiger partial charge >= 0.3 is 5.97 Å². The summed E-state index contributed by atoms with van der Waals surface area (Å²) in [5, 5.41) is 6.55. The number of amides is 1. The van der Waals surface area contributed by atoms with Crippen molar-refractivity contribution in [2.75, 3.05) is 11.9 Å². The average molecular weight is 277 g/mol. The number of aromatic nitrogens is 2. The highest BCUT2D eigenvalue weighted by Crippen LogP contribution is 2.19. The quantitative estimate of drug-likeness (QED) is 0.864. The molecule has 98 valence electrons. The van der Waals surface area contributed by atoms with E-state index < -0.39 is 5.97 Å². The summed E-state index contributed by atoms with van der Waals surface area (Å²) in [6.45, 7) is 1.93. The second kappa shape index (κ2) is 6.05. The molecule has 0 aliphatic heterocycles. The van der Waals surface area contributed by atoms with Crippen LogP contribution in [0.25, 0.3) is 0 Å². The minimum absolute atomic E-state index is 0.0242. The topological polar surface area (TPSA) is 81.2 Å². The molecule has 0 fully saturated rings. The molecule has 0 aliphatic carbocycles. The van der Waals surface area contributed by atoms with E-state index in [9.17, 15) is 9.59 Å². The molecule has 0 saturated heterocycles. The highest BCUT2D eigenvalue weighted by molar-refractivity contribution is 7.10. The summed E-state index contributed by atoms with van der Waals surface area (Å²) in [5.41, 5.74) is 0.516. The standard InChI is InChI=1S/C12H11N3O3S/c1-2-18-12(17)9-11(19-15-14-9)13-10(16)8-6-4-3-5-7-8/h3-7H,2H2,1H3,(H,13,16). The van der Waals surface area contributed by atoms with Crippen LogP contribution in [-0.2, 0) is 4.74 Å². The summed E-state index contributed by atoms with van der Waals surface area (Å²) in [6.07, 6.45) is 0. The van der Waals surface area contributed by atoms with Crippen molar-refractivity contribution in [1.29, 1.82) is 0 Å². The number of carbonyl (C=O) groups excluding carboxylic acids is 2. The predicted molar refractivity (Wildman–Crippen MR) is 70.3 cm³/mol. The zero-order valence-electron chi connectivity index (χ0n) is 10.1. The number of carbonyl (C=O) groups is 2. The van der Waals surface area contributed by atoms with Crippen LogP contribution in [0.4, 0.5) is 5.00 Å². The van der Waals surface area contributed by atoms with Crippen LogP contribution < -0.4 is 5.32 Å².